The van der Waals surface area contributed by atoms with Gasteiger partial charge in [0.15, 0.2) is 0 Å². The molecular weight excluding hydrogens is 795 g/mol. The molecule has 0 atom stereocenters. The van der Waals surface area contributed by atoms with Gasteiger partial charge >= 0.3 is 0 Å². The topological polar surface area (TPSA) is 16.4 Å². The van der Waals surface area contributed by atoms with E-state index < -0.39 is 0 Å². The van der Waals surface area contributed by atoms with Gasteiger partial charge in [-0.3, -0.25) is 0 Å². The van der Waals surface area contributed by atoms with Gasteiger partial charge in [0, 0.05) is 53.3 Å². The number of anilines is 3. The van der Waals surface area contributed by atoms with Crippen LogP contribution in [-0.2, 0) is 5.41 Å². The average Bonchev–Trinajstić information content (AvgIpc) is 3.99. The number of furan rings is 1. The maximum absolute atomic E-state index is 6.82. The first-order chi connectivity index (χ1) is 31.5. The van der Waals surface area contributed by atoms with E-state index in [0.29, 0.717) is 0 Å². The summed E-state index contributed by atoms with van der Waals surface area (Å²) in [5.41, 5.74) is 17.3. The van der Waals surface area contributed by atoms with Crippen molar-refractivity contribution in [2.75, 3.05) is 4.90 Å². The number of fused-ring (bicyclic) bond motifs is 11. The van der Waals surface area contributed by atoms with Crippen molar-refractivity contribution in [3.63, 3.8) is 0 Å². The van der Waals surface area contributed by atoms with Gasteiger partial charge in [-0.1, -0.05) is 172 Å². The molecule has 2 nitrogen and oxygen atoms in total. The van der Waals surface area contributed by atoms with Crippen molar-refractivity contribution >= 4 is 81.3 Å². The third-order valence-electron chi connectivity index (χ3n) is 13.7. The highest BCUT2D eigenvalue weighted by Crippen LogP contribution is 2.52. The molecule has 64 heavy (non-hydrogen) atoms. The summed E-state index contributed by atoms with van der Waals surface area (Å²) in [5, 5.41) is 7.23. The van der Waals surface area contributed by atoms with Crippen LogP contribution >= 0.6 is 11.3 Å². The van der Waals surface area contributed by atoms with Gasteiger partial charge in [-0.05, 0) is 115 Å². The number of benzene rings is 10. The number of rotatable bonds is 6. The predicted molar refractivity (Wildman–Crippen MR) is 273 cm³/mol. The van der Waals surface area contributed by atoms with Crippen molar-refractivity contribution in [1.29, 1.82) is 0 Å². The molecule has 13 rings (SSSR count). The van der Waals surface area contributed by atoms with E-state index in [1.165, 1.54) is 75.5 Å². The Kier molecular flexibility index (Phi) is 8.16. The van der Waals surface area contributed by atoms with E-state index in [9.17, 15) is 0 Å². The van der Waals surface area contributed by atoms with Gasteiger partial charge in [0.05, 0.1) is 5.69 Å². The third kappa shape index (κ3) is 5.64. The van der Waals surface area contributed by atoms with Crippen LogP contribution in [0.4, 0.5) is 17.1 Å². The monoisotopic (exact) mass is 835 g/mol. The van der Waals surface area contributed by atoms with Crippen LogP contribution in [0.5, 0.6) is 0 Å². The van der Waals surface area contributed by atoms with E-state index in [0.717, 1.165) is 50.1 Å². The van der Waals surface area contributed by atoms with E-state index in [1.807, 2.05) is 11.3 Å². The van der Waals surface area contributed by atoms with Crippen LogP contribution in [0, 0.1) is 0 Å². The van der Waals surface area contributed by atoms with Crippen LogP contribution in [-0.4, -0.2) is 0 Å². The smallest absolute Gasteiger partial charge is 0.136 e. The molecule has 0 fully saturated rings. The molecule has 0 radical (unpaired) electrons. The summed E-state index contributed by atoms with van der Waals surface area (Å²) < 4.78 is 9.45. The van der Waals surface area contributed by atoms with Crippen molar-refractivity contribution in [3.8, 4) is 44.5 Å². The summed E-state index contributed by atoms with van der Waals surface area (Å²) in [4.78, 5) is 2.45. The summed E-state index contributed by atoms with van der Waals surface area (Å²) in [6.07, 6.45) is 0. The molecule has 0 spiro atoms. The molecule has 3 heteroatoms. The summed E-state index contributed by atoms with van der Waals surface area (Å²) in [7, 11) is 0. The zero-order valence-electron chi connectivity index (χ0n) is 35.5. The summed E-state index contributed by atoms with van der Waals surface area (Å²) in [6.45, 7) is 4.72. The Bertz CT molecular complexity index is 3800. The molecule has 1 aliphatic rings. The Labute approximate surface area is 375 Å². The van der Waals surface area contributed by atoms with E-state index in [2.05, 4.69) is 231 Å². The second-order valence-corrected chi connectivity index (χ2v) is 18.7. The molecule has 0 saturated heterocycles. The van der Waals surface area contributed by atoms with Crippen LogP contribution in [0.1, 0.15) is 25.0 Å². The largest absolute Gasteiger partial charge is 0.456 e. The minimum absolute atomic E-state index is 0.148. The zero-order chi connectivity index (χ0) is 42.5. The van der Waals surface area contributed by atoms with E-state index >= 15 is 0 Å². The highest BCUT2D eigenvalue weighted by Gasteiger charge is 2.35. The quantitative estimate of drug-likeness (QED) is 0.166. The molecule has 2 heterocycles. The van der Waals surface area contributed by atoms with Crippen molar-refractivity contribution in [2.24, 2.45) is 0 Å². The first-order valence-electron chi connectivity index (χ1n) is 22.1. The molecule has 0 N–H and O–H groups in total. The molecule has 0 unspecified atom stereocenters. The van der Waals surface area contributed by atoms with Gasteiger partial charge in [-0.25, -0.2) is 0 Å². The Morgan fingerprint density at radius 3 is 1.88 bits per heavy atom. The molecule has 0 saturated carbocycles. The van der Waals surface area contributed by atoms with Gasteiger partial charge < -0.3 is 9.32 Å². The molecule has 2 aromatic heterocycles. The molecule has 0 amide bonds. The highest BCUT2D eigenvalue weighted by atomic mass is 32.1. The fourth-order valence-electron chi connectivity index (χ4n) is 10.5. The van der Waals surface area contributed by atoms with Gasteiger partial charge in [0.2, 0.25) is 0 Å². The maximum atomic E-state index is 6.82. The van der Waals surface area contributed by atoms with Crippen LogP contribution in [0.25, 0.3) is 97.4 Å². The number of nitrogens with zero attached hydrogens (tertiary/aromatic N) is 1. The normalized spacial score (nSPS) is 13.0. The van der Waals surface area contributed by atoms with E-state index in [-0.39, 0.29) is 5.41 Å². The van der Waals surface area contributed by atoms with Crippen LogP contribution in [0.3, 0.4) is 0 Å². The molecular formula is C61H41NOS. The van der Waals surface area contributed by atoms with Crippen molar-refractivity contribution < 1.29 is 4.42 Å². The summed E-state index contributed by atoms with van der Waals surface area (Å²) in [5.74, 6) is 0. The Hall–Kier alpha value is -7.72. The highest BCUT2D eigenvalue weighted by molar-refractivity contribution is 7.26. The predicted octanol–water partition coefficient (Wildman–Crippen LogP) is 17.9. The van der Waals surface area contributed by atoms with Gasteiger partial charge in [-0.15, -0.1) is 11.3 Å². The van der Waals surface area contributed by atoms with Crippen molar-refractivity contribution in [3.05, 3.63) is 223 Å². The molecule has 302 valence electrons. The molecule has 12 aromatic rings. The first kappa shape index (κ1) is 36.9. The fraction of sp³-hybridized carbons (Fsp3) is 0.0492. The summed E-state index contributed by atoms with van der Waals surface area (Å²) >= 11 is 1.87. The molecule has 0 bridgehead atoms. The van der Waals surface area contributed by atoms with Gasteiger partial charge in [0.25, 0.3) is 0 Å². The Morgan fingerprint density at radius 2 is 1.05 bits per heavy atom. The first-order valence-corrected chi connectivity index (χ1v) is 22.9. The van der Waals surface area contributed by atoms with Crippen molar-refractivity contribution in [2.45, 2.75) is 19.3 Å². The van der Waals surface area contributed by atoms with Crippen LogP contribution < -0.4 is 4.90 Å². The minimum atomic E-state index is -0.148. The fourth-order valence-corrected chi connectivity index (χ4v) is 11.7. The minimum Gasteiger partial charge on any atom is -0.456 e. The SMILES string of the molecule is CC1(C)c2ccccc2-c2ccc(-c3cc4oc5ccc6ccccc6c5c4cc3N(c3ccc(-c4ccccc4)cc3)c3ccc(-c4cccc5c4sc4ccccc45)cc3)cc21. The maximum Gasteiger partial charge on any atom is 0.136 e. The lowest BCUT2D eigenvalue weighted by molar-refractivity contribution is 0.660. The van der Waals surface area contributed by atoms with Gasteiger partial charge in [-0.2, -0.15) is 0 Å². The summed E-state index contributed by atoms with van der Waals surface area (Å²) in [6, 6.07) is 77.9. The lowest BCUT2D eigenvalue weighted by Gasteiger charge is -2.29. The van der Waals surface area contributed by atoms with E-state index in [1.54, 1.807) is 0 Å². The lowest BCUT2D eigenvalue weighted by Crippen LogP contribution is -2.15. The lowest BCUT2D eigenvalue weighted by atomic mass is 9.81. The molecule has 0 aliphatic heterocycles. The number of hydrogen-bond acceptors (Lipinski definition) is 3. The Morgan fingerprint density at radius 1 is 0.406 bits per heavy atom. The number of thiophene rings is 1. The van der Waals surface area contributed by atoms with E-state index in [4.69, 9.17) is 4.42 Å². The zero-order valence-corrected chi connectivity index (χ0v) is 36.3. The molecule has 1 aliphatic carbocycles. The third-order valence-corrected chi connectivity index (χ3v) is 14.9. The van der Waals surface area contributed by atoms with Gasteiger partial charge in [0.1, 0.15) is 11.2 Å². The number of hydrogen-bond donors (Lipinski definition) is 0. The van der Waals surface area contributed by atoms with Crippen LogP contribution in [0.2, 0.25) is 0 Å². The van der Waals surface area contributed by atoms with Crippen molar-refractivity contribution in [1.82, 2.24) is 0 Å². The second-order valence-electron chi connectivity index (χ2n) is 17.6. The molecule has 10 aromatic carbocycles. The van der Waals surface area contributed by atoms with Crippen LogP contribution in [0.15, 0.2) is 217 Å². The average molecular weight is 836 g/mol. The Balaban J connectivity index is 1.05. The standard InChI is InChI=1S/C61H41NOS/c1-61(2)53-21-10-8-17-47(53)48-33-27-42(35-54(48)61)51-37-57-52(59-45-16-7-6-15-40(45)28-34-56(59)63-57)36-55(51)62(43-29-23-39(24-30-43)38-13-4-3-5-14-38)44-31-25-41(26-32-44)46-19-12-20-50-49-18-9-11-22-58(49)64-60(46)50/h3-37H,1-2H3. The second kappa shape index (κ2) is 14.2.